The molecule has 1 N–H and O–H groups in total. The van der Waals surface area contributed by atoms with E-state index in [1.807, 2.05) is 0 Å². The SMILES string of the molecule is CC/C=C\C/C=C\C/C=C\C/C=C\C/C=C\CCCCCC(=O)OC(CO)COC(=O)CCC/C=C\C/C=C\C/C=C\C/C=C\C/C=C\CC. The van der Waals surface area contributed by atoms with E-state index in [0.717, 1.165) is 96.3 Å². The first-order valence-electron chi connectivity index (χ1n) is 19.1. The quantitative estimate of drug-likeness (QED) is 0.0433. The average molecular weight is 689 g/mol. The molecule has 0 saturated carbocycles. The third-order valence-electron chi connectivity index (χ3n) is 7.25. The van der Waals surface area contributed by atoms with E-state index in [2.05, 4.69) is 135 Å². The first-order valence-corrected chi connectivity index (χ1v) is 19.1. The van der Waals surface area contributed by atoms with Gasteiger partial charge in [-0.2, -0.15) is 0 Å². The monoisotopic (exact) mass is 689 g/mol. The lowest BCUT2D eigenvalue weighted by molar-refractivity contribution is -0.161. The van der Waals surface area contributed by atoms with Crippen molar-refractivity contribution in [3.8, 4) is 0 Å². The molecule has 0 aromatic carbocycles. The van der Waals surface area contributed by atoms with Crippen LogP contribution in [0.3, 0.4) is 0 Å². The summed E-state index contributed by atoms with van der Waals surface area (Å²) in [7, 11) is 0. The number of hydrogen-bond donors (Lipinski definition) is 1. The minimum Gasteiger partial charge on any atom is -0.462 e. The third-order valence-corrected chi connectivity index (χ3v) is 7.25. The number of rotatable bonds is 32. The van der Waals surface area contributed by atoms with Crippen LogP contribution in [0.4, 0.5) is 0 Å². The van der Waals surface area contributed by atoms with Crippen molar-refractivity contribution < 1.29 is 24.2 Å². The van der Waals surface area contributed by atoms with Crippen molar-refractivity contribution in [2.24, 2.45) is 0 Å². The van der Waals surface area contributed by atoms with Gasteiger partial charge in [0.2, 0.25) is 0 Å². The Morgan fingerprint density at radius 2 is 0.820 bits per heavy atom. The molecule has 0 bridgehead atoms. The van der Waals surface area contributed by atoms with Crippen molar-refractivity contribution in [2.75, 3.05) is 13.2 Å². The Bertz CT molecular complexity index is 1100. The number of carbonyl (C=O) groups excluding carboxylic acids is 2. The van der Waals surface area contributed by atoms with Crippen LogP contribution in [-0.2, 0) is 19.1 Å². The molecule has 0 rings (SSSR count). The van der Waals surface area contributed by atoms with E-state index in [-0.39, 0.29) is 31.6 Å². The highest BCUT2D eigenvalue weighted by atomic mass is 16.6. The fraction of sp³-hybridized carbons (Fsp3) is 0.511. The second-order valence-electron chi connectivity index (χ2n) is 11.9. The molecule has 0 aliphatic rings. The summed E-state index contributed by atoms with van der Waals surface area (Å²) in [6, 6.07) is 0. The number of allylic oxidation sites excluding steroid dienone is 20. The lowest BCUT2D eigenvalue weighted by atomic mass is 10.1. The van der Waals surface area contributed by atoms with Gasteiger partial charge in [0.1, 0.15) is 6.61 Å². The molecular weight excluding hydrogens is 620 g/mol. The molecule has 0 aliphatic heterocycles. The van der Waals surface area contributed by atoms with Crippen LogP contribution in [0.2, 0.25) is 0 Å². The minimum absolute atomic E-state index is 0.118. The maximum atomic E-state index is 12.2. The van der Waals surface area contributed by atoms with E-state index in [1.165, 1.54) is 0 Å². The molecule has 0 radical (unpaired) electrons. The number of hydrogen-bond acceptors (Lipinski definition) is 5. The first-order chi connectivity index (χ1) is 24.6. The van der Waals surface area contributed by atoms with Crippen LogP contribution in [0.1, 0.15) is 129 Å². The van der Waals surface area contributed by atoms with Gasteiger partial charge in [-0.25, -0.2) is 0 Å². The van der Waals surface area contributed by atoms with Crippen LogP contribution >= 0.6 is 0 Å². The zero-order valence-electron chi connectivity index (χ0n) is 31.3. The van der Waals surface area contributed by atoms with Gasteiger partial charge < -0.3 is 14.6 Å². The van der Waals surface area contributed by atoms with Gasteiger partial charge in [-0.05, 0) is 96.3 Å². The molecule has 0 heterocycles. The average Bonchev–Trinajstić information content (AvgIpc) is 3.12. The second kappa shape index (κ2) is 39.7. The summed E-state index contributed by atoms with van der Waals surface area (Å²) in [5.41, 5.74) is 0. The Labute approximate surface area is 305 Å². The van der Waals surface area contributed by atoms with Crippen LogP contribution < -0.4 is 0 Å². The third kappa shape index (κ3) is 37.1. The van der Waals surface area contributed by atoms with Crippen LogP contribution in [0.5, 0.6) is 0 Å². The Morgan fingerprint density at radius 1 is 0.460 bits per heavy atom. The summed E-state index contributed by atoms with van der Waals surface area (Å²) in [5.74, 6) is -0.713. The molecule has 50 heavy (non-hydrogen) atoms. The van der Waals surface area contributed by atoms with Gasteiger partial charge in [0.25, 0.3) is 0 Å². The zero-order valence-corrected chi connectivity index (χ0v) is 31.3. The molecule has 5 nitrogen and oxygen atoms in total. The molecule has 0 aromatic heterocycles. The molecule has 0 spiro atoms. The Morgan fingerprint density at radius 3 is 1.22 bits per heavy atom. The van der Waals surface area contributed by atoms with Crippen LogP contribution in [-0.4, -0.2) is 36.4 Å². The second-order valence-corrected chi connectivity index (χ2v) is 11.9. The normalized spacial score (nSPS) is 13.6. The number of ether oxygens (including phenoxy) is 2. The van der Waals surface area contributed by atoms with Gasteiger partial charge >= 0.3 is 11.9 Å². The lowest BCUT2D eigenvalue weighted by Gasteiger charge is -2.15. The van der Waals surface area contributed by atoms with E-state index < -0.39 is 6.10 Å². The number of esters is 2. The predicted octanol–water partition coefficient (Wildman–Crippen LogP) is 12.1. The largest absolute Gasteiger partial charge is 0.462 e. The van der Waals surface area contributed by atoms with Crippen molar-refractivity contribution in [1.82, 2.24) is 0 Å². The molecule has 1 atom stereocenters. The van der Waals surface area contributed by atoms with Crippen molar-refractivity contribution >= 4 is 11.9 Å². The molecule has 1 unspecified atom stereocenters. The van der Waals surface area contributed by atoms with E-state index in [1.54, 1.807) is 0 Å². The van der Waals surface area contributed by atoms with Gasteiger partial charge in [0.05, 0.1) is 6.61 Å². The van der Waals surface area contributed by atoms with E-state index >= 15 is 0 Å². The summed E-state index contributed by atoms with van der Waals surface area (Å²) in [6.07, 6.45) is 58.3. The maximum absolute atomic E-state index is 12.2. The summed E-state index contributed by atoms with van der Waals surface area (Å²) >= 11 is 0. The number of aliphatic hydroxyl groups is 1. The highest BCUT2D eigenvalue weighted by Crippen LogP contribution is 2.08. The molecule has 0 aromatic rings. The van der Waals surface area contributed by atoms with Crippen molar-refractivity contribution in [1.29, 1.82) is 0 Å². The van der Waals surface area contributed by atoms with Crippen molar-refractivity contribution in [2.45, 2.75) is 136 Å². The number of aliphatic hydroxyl groups excluding tert-OH is 1. The van der Waals surface area contributed by atoms with Crippen molar-refractivity contribution in [3.63, 3.8) is 0 Å². The fourth-order valence-electron chi connectivity index (χ4n) is 4.44. The standard InChI is InChI=1S/C45H68O5/c1-3-5-7-9-11-13-15-17-19-21-22-24-26-28-30-32-34-36-38-40-45(48)50-43(41-46)42-49-44(47)39-37-35-33-31-29-27-25-23-20-18-16-14-12-10-8-6-4-2/h5-8,11-14,17-20,22,24-25,27-28,30-31,33,43,46H,3-4,9-10,15-16,21,23,26,29,32,34-42H2,1-2H3/b7-5-,8-6-,13-11-,14-12-,19-17-,20-18-,24-22-,27-25-,30-28-,33-31-. The zero-order chi connectivity index (χ0) is 36.4. The summed E-state index contributed by atoms with van der Waals surface area (Å²) in [6.45, 7) is 3.80. The lowest BCUT2D eigenvalue weighted by Crippen LogP contribution is -2.28. The predicted molar refractivity (Wildman–Crippen MR) is 214 cm³/mol. The summed E-state index contributed by atoms with van der Waals surface area (Å²) in [5, 5.41) is 9.54. The molecule has 0 saturated heterocycles. The first kappa shape index (κ1) is 46.3. The number of unbranched alkanes of at least 4 members (excludes halogenated alkanes) is 4. The van der Waals surface area contributed by atoms with Gasteiger partial charge in [-0.1, -0.05) is 142 Å². The molecule has 278 valence electrons. The smallest absolute Gasteiger partial charge is 0.306 e. The van der Waals surface area contributed by atoms with Gasteiger partial charge in [-0.3, -0.25) is 9.59 Å². The maximum Gasteiger partial charge on any atom is 0.306 e. The van der Waals surface area contributed by atoms with Crippen LogP contribution in [0.25, 0.3) is 0 Å². The van der Waals surface area contributed by atoms with Gasteiger partial charge in [0.15, 0.2) is 6.10 Å². The molecular formula is C45H68O5. The fourth-order valence-corrected chi connectivity index (χ4v) is 4.44. The molecule has 0 aliphatic carbocycles. The van der Waals surface area contributed by atoms with Gasteiger partial charge in [0, 0.05) is 12.8 Å². The number of carbonyl (C=O) groups is 2. The Hall–Kier alpha value is -3.70. The molecule has 0 amide bonds. The Balaban J connectivity index is 3.79. The van der Waals surface area contributed by atoms with E-state index in [9.17, 15) is 14.7 Å². The summed E-state index contributed by atoms with van der Waals surface area (Å²) < 4.78 is 10.5. The van der Waals surface area contributed by atoms with Crippen LogP contribution in [0.15, 0.2) is 122 Å². The Kier molecular flexibility index (Phi) is 36.8. The van der Waals surface area contributed by atoms with Crippen LogP contribution in [0, 0.1) is 0 Å². The molecule has 5 heteroatoms. The van der Waals surface area contributed by atoms with E-state index in [4.69, 9.17) is 9.47 Å². The highest BCUT2D eigenvalue weighted by molar-refractivity contribution is 5.70. The topological polar surface area (TPSA) is 72.8 Å². The summed E-state index contributed by atoms with van der Waals surface area (Å²) in [4.78, 5) is 24.2. The molecule has 0 fully saturated rings. The van der Waals surface area contributed by atoms with Gasteiger partial charge in [-0.15, -0.1) is 0 Å². The highest BCUT2D eigenvalue weighted by Gasteiger charge is 2.15. The van der Waals surface area contributed by atoms with E-state index in [0.29, 0.717) is 12.8 Å². The minimum atomic E-state index is -0.821. The van der Waals surface area contributed by atoms with Crippen molar-refractivity contribution in [3.05, 3.63) is 122 Å².